The molecule has 1 atom stereocenters. The molecule has 2 aromatic heterocycles. The zero-order valence-electron chi connectivity index (χ0n) is 15.8. The number of aromatic nitrogens is 5. The van der Waals surface area contributed by atoms with Gasteiger partial charge in [0.15, 0.2) is 0 Å². The number of amides is 1. The fraction of sp³-hybridized carbons (Fsp3) is 0.611. The molecule has 0 saturated carbocycles. The van der Waals surface area contributed by atoms with Crippen molar-refractivity contribution in [1.29, 1.82) is 0 Å². The van der Waals surface area contributed by atoms with Gasteiger partial charge in [-0.15, -0.1) is 5.10 Å². The molecule has 0 spiro atoms. The molecule has 0 bridgehead atoms. The van der Waals surface area contributed by atoms with Crippen LogP contribution in [0.4, 0.5) is 0 Å². The van der Waals surface area contributed by atoms with Crippen molar-refractivity contribution in [2.75, 3.05) is 13.1 Å². The van der Waals surface area contributed by atoms with Gasteiger partial charge in [0.1, 0.15) is 11.3 Å². The van der Waals surface area contributed by atoms with Crippen LogP contribution in [0.15, 0.2) is 12.3 Å². The molecule has 2 aromatic rings. The van der Waals surface area contributed by atoms with Gasteiger partial charge in [-0.3, -0.25) is 4.79 Å². The van der Waals surface area contributed by atoms with E-state index in [1.807, 2.05) is 27.7 Å². The molecule has 0 radical (unpaired) electrons. The highest BCUT2D eigenvalue weighted by Gasteiger charge is 2.39. The Hall–Kier alpha value is -2.35. The van der Waals surface area contributed by atoms with Crippen molar-refractivity contribution in [1.82, 2.24) is 30.1 Å². The number of rotatable bonds is 4. The van der Waals surface area contributed by atoms with Crippen molar-refractivity contribution in [3.05, 3.63) is 34.9 Å². The summed E-state index contributed by atoms with van der Waals surface area (Å²) < 4.78 is 1.72. The van der Waals surface area contributed by atoms with Crippen LogP contribution in [0.5, 0.6) is 0 Å². The third kappa shape index (κ3) is 3.46. The van der Waals surface area contributed by atoms with Crippen molar-refractivity contribution < 1.29 is 9.90 Å². The number of β-amino-alcohol motifs (C(OH)–C–C–N with tert-alkyl or cyclic N) is 1. The van der Waals surface area contributed by atoms with Crippen molar-refractivity contribution in [2.45, 2.75) is 58.6 Å². The van der Waals surface area contributed by atoms with Gasteiger partial charge in [0.05, 0.1) is 29.7 Å². The summed E-state index contributed by atoms with van der Waals surface area (Å²) in [7, 11) is 0. The molecule has 0 aromatic carbocycles. The van der Waals surface area contributed by atoms with E-state index in [2.05, 4.69) is 20.5 Å². The zero-order valence-corrected chi connectivity index (χ0v) is 15.8. The summed E-state index contributed by atoms with van der Waals surface area (Å²) in [5.41, 5.74) is 1.29. The minimum Gasteiger partial charge on any atom is -0.382 e. The van der Waals surface area contributed by atoms with Crippen LogP contribution in [0.3, 0.4) is 0 Å². The van der Waals surface area contributed by atoms with Gasteiger partial charge in [-0.05, 0) is 46.1 Å². The number of likely N-dealkylation sites (tertiary alicyclic amines) is 1. The predicted molar refractivity (Wildman–Crippen MR) is 95.6 cm³/mol. The molecular weight excluding hydrogens is 332 g/mol. The predicted octanol–water partition coefficient (Wildman–Crippen LogP) is 1.64. The maximum Gasteiger partial charge on any atom is 0.255 e. The van der Waals surface area contributed by atoms with Crippen LogP contribution >= 0.6 is 0 Å². The third-order valence-electron chi connectivity index (χ3n) is 4.83. The third-order valence-corrected chi connectivity index (χ3v) is 4.83. The molecule has 1 saturated heterocycles. The number of carbonyl (C=O) groups excluding carboxylic acids is 1. The first kappa shape index (κ1) is 18.4. The molecule has 1 fully saturated rings. The van der Waals surface area contributed by atoms with Crippen LogP contribution in [0.1, 0.15) is 67.1 Å². The Balaban J connectivity index is 1.85. The van der Waals surface area contributed by atoms with Crippen molar-refractivity contribution >= 4 is 5.91 Å². The summed E-state index contributed by atoms with van der Waals surface area (Å²) in [4.78, 5) is 14.8. The molecule has 3 rings (SSSR count). The van der Waals surface area contributed by atoms with E-state index in [0.29, 0.717) is 48.5 Å². The van der Waals surface area contributed by atoms with Gasteiger partial charge >= 0.3 is 0 Å². The molecule has 140 valence electrons. The van der Waals surface area contributed by atoms with E-state index < -0.39 is 5.60 Å². The van der Waals surface area contributed by atoms with Crippen LogP contribution in [0, 0.1) is 6.92 Å². The first-order chi connectivity index (χ1) is 12.3. The van der Waals surface area contributed by atoms with Gasteiger partial charge in [-0.25, -0.2) is 4.68 Å². The maximum absolute atomic E-state index is 13.1. The Bertz CT molecular complexity index is 803. The van der Waals surface area contributed by atoms with Crippen LogP contribution < -0.4 is 0 Å². The minimum absolute atomic E-state index is 0.116. The largest absolute Gasteiger partial charge is 0.382 e. The zero-order chi connectivity index (χ0) is 18.9. The minimum atomic E-state index is -1.18. The van der Waals surface area contributed by atoms with E-state index in [-0.39, 0.29) is 18.5 Å². The van der Waals surface area contributed by atoms with E-state index in [0.717, 1.165) is 0 Å². The molecule has 1 aliphatic heterocycles. The number of aryl methyl sites for hydroxylation is 2. The first-order valence-corrected chi connectivity index (χ1v) is 9.11. The lowest BCUT2D eigenvalue weighted by molar-refractivity contribution is -0.0321. The van der Waals surface area contributed by atoms with Crippen molar-refractivity contribution in [3.63, 3.8) is 0 Å². The molecule has 3 heterocycles. The van der Waals surface area contributed by atoms with Gasteiger partial charge < -0.3 is 10.0 Å². The quantitative estimate of drug-likeness (QED) is 0.892. The highest BCUT2D eigenvalue weighted by Crippen LogP contribution is 2.31. The fourth-order valence-electron chi connectivity index (χ4n) is 3.29. The van der Waals surface area contributed by atoms with Gasteiger partial charge in [0.25, 0.3) is 5.91 Å². The highest BCUT2D eigenvalue weighted by atomic mass is 16.3. The van der Waals surface area contributed by atoms with Crippen molar-refractivity contribution in [3.8, 4) is 0 Å². The molecule has 1 aliphatic rings. The van der Waals surface area contributed by atoms with Crippen LogP contribution in [0.25, 0.3) is 0 Å². The summed E-state index contributed by atoms with van der Waals surface area (Å²) in [5.74, 6) is -0.116. The number of aliphatic hydroxyl groups is 1. The molecule has 0 aliphatic carbocycles. The average Bonchev–Trinajstić information content (AvgIpc) is 3.12. The Morgan fingerprint density at radius 3 is 2.77 bits per heavy atom. The Morgan fingerprint density at radius 2 is 2.12 bits per heavy atom. The lowest BCUT2D eigenvalue weighted by Gasteiger charge is -2.38. The highest BCUT2D eigenvalue weighted by molar-refractivity contribution is 5.95. The first-order valence-electron chi connectivity index (χ1n) is 9.11. The van der Waals surface area contributed by atoms with Gasteiger partial charge in [0.2, 0.25) is 0 Å². The molecule has 1 amide bonds. The lowest BCUT2D eigenvalue weighted by Crippen LogP contribution is -2.49. The van der Waals surface area contributed by atoms with Crippen molar-refractivity contribution in [2.24, 2.45) is 0 Å². The average molecular weight is 358 g/mol. The number of piperidine rings is 1. The molecule has 8 heteroatoms. The fourth-order valence-corrected chi connectivity index (χ4v) is 3.29. The van der Waals surface area contributed by atoms with E-state index in [4.69, 9.17) is 0 Å². The van der Waals surface area contributed by atoms with Gasteiger partial charge in [-0.1, -0.05) is 12.1 Å². The van der Waals surface area contributed by atoms with E-state index in [1.165, 1.54) is 0 Å². The topological polar surface area (TPSA) is 97.0 Å². The van der Waals surface area contributed by atoms with E-state index in [9.17, 15) is 9.90 Å². The second-order valence-corrected chi connectivity index (χ2v) is 7.24. The van der Waals surface area contributed by atoms with Gasteiger partial charge in [0, 0.05) is 12.6 Å². The molecule has 8 nitrogen and oxygen atoms in total. The number of hydrogen-bond acceptors (Lipinski definition) is 6. The van der Waals surface area contributed by atoms with Crippen LogP contribution in [0.2, 0.25) is 0 Å². The van der Waals surface area contributed by atoms with E-state index >= 15 is 0 Å². The number of nitrogens with zero attached hydrogens (tertiary/aromatic N) is 6. The van der Waals surface area contributed by atoms with E-state index in [1.54, 1.807) is 21.8 Å². The number of carbonyl (C=O) groups is 1. The standard InChI is InChI=1S/C18H26N6O2/c1-5-15-14(9-13(4)19-20-15)17(25)23-8-6-7-18(26,11-23)16-10-24(12(2)3)22-21-16/h9-10,12,26H,5-8,11H2,1-4H3/t18-/m0/s1. The second-order valence-electron chi connectivity index (χ2n) is 7.24. The summed E-state index contributed by atoms with van der Waals surface area (Å²) in [6.07, 6.45) is 3.67. The number of hydrogen-bond donors (Lipinski definition) is 1. The molecule has 26 heavy (non-hydrogen) atoms. The maximum atomic E-state index is 13.1. The summed E-state index contributed by atoms with van der Waals surface area (Å²) in [6.45, 7) is 8.58. The summed E-state index contributed by atoms with van der Waals surface area (Å²) in [6, 6.07) is 1.94. The summed E-state index contributed by atoms with van der Waals surface area (Å²) in [5, 5.41) is 27.6. The molecular formula is C18H26N6O2. The lowest BCUT2D eigenvalue weighted by atomic mass is 9.89. The van der Waals surface area contributed by atoms with Crippen LogP contribution in [-0.2, 0) is 12.0 Å². The summed E-state index contributed by atoms with van der Waals surface area (Å²) >= 11 is 0. The molecule has 0 unspecified atom stereocenters. The Morgan fingerprint density at radius 1 is 1.35 bits per heavy atom. The molecule has 1 N–H and O–H groups in total. The Labute approximate surface area is 153 Å². The normalized spacial score (nSPS) is 20.6. The monoisotopic (exact) mass is 358 g/mol. The second kappa shape index (κ2) is 7.11. The SMILES string of the molecule is CCc1nnc(C)cc1C(=O)N1CCC[C@@](O)(c2cn(C(C)C)nn2)C1. The Kier molecular flexibility index (Phi) is 5.04. The van der Waals surface area contributed by atoms with Crippen LogP contribution in [-0.4, -0.2) is 54.2 Å². The smallest absolute Gasteiger partial charge is 0.255 e. The van der Waals surface area contributed by atoms with Gasteiger partial charge in [-0.2, -0.15) is 10.2 Å².